The van der Waals surface area contributed by atoms with Crippen LogP contribution in [0.5, 0.6) is 0 Å². The Balaban J connectivity index is 1.56. The molecule has 2 aromatic heterocycles. The number of para-hydroxylation sites is 1. The van der Waals surface area contributed by atoms with Gasteiger partial charge in [-0.25, -0.2) is 4.98 Å². The van der Waals surface area contributed by atoms with E-state index in [9.17, 15) is 9.59 Å². The number of amides is 2. The molecule has 2 aliphatic rings. The number of carbonyl (C=O) groups is 2. The molecule has 1 fully saturated rings. The highest BCUT2D eigenvalue weighted by Crippen LogP contribution is 2.35. The van der Waals surface area contributed by atoms with E-state index in [0.29, 0.717) is 44.4 Å². The summed E-state index contributed by atoms with van der Waals surface area (Å²) in [5.41, 5.74) is 3.14. The van der Waals surface area contributed by atoms with Gasteiger partial charge in [-0.05, 0) is 25.5 Å². The van der Waals surface area contributed by atoms with Gasteiger partial charge in [-0.3, -0.25) is 14.6 Å². The molecule has 0 saturated carbocycles. The van der Waals surface area contributed by atoms with Crippen LogP contribution in [-0.4, -0.2) is 75.8 Å². The van der Waals surface area contributed by atoms with Crippen LogP contribution in [0.25, 0.3) is 10.9 Å². The molecule has 0 radical (unpaired) electrons. The van der Waals surface area contributed by atoms with Crippen molar-refractivity contribution >= 4 is 40.2 Å². The summed E-state index contributed by atoms with van der Waals surface area (Å²) in [5, 5.41) is 1.04. The number of rotatable bonds is 5. The lowest BCUT2D eigenvalue weighted by Crippen LogP contribution is -2.48. The van der Waals surface area contributed by atoms with Crippen LogP contribution < -0.4 is 9.80 Å². The number of piperazine rings is 1. The molecule has 9 heteroatoms. The third-order valence-electron chi connectivity index (χ3n) is 7.18. The maximum Gasteiger partial charge on any atom is 0.273 e. The lowest BCUT2D eigenvalue weighted by molar-refractivity contribution is -0.129. The zero-order valence-corrected chi connectivity index (χ0v) is 20.7. The van der Waals surface area contributed by atoms with Crippen molar-refractivity contribution in [3.63, 3.8) is 0 Å². The fourth-order valence-electron chi connectivity index (χ4n) is 4.74. The first-order chi connectivity index (χ1) is 16.9. The number of hydrogen-bond acceptors (Lipinski definition) is 7. The molecular weight excluding hydrogens is 442 g/mol. The first-order valence-electron chi connectivity index (χ1n) is 12.2. The number of carbonyl (C=O) groups excluding carboxylic acids is 2. The minimum atomic E-state index is -0.0494. The quantitative estimate of drug-likeness (QED) is 0.562. The van der Waals surface area contributed by atoms with E-state index in [-0.39, 0.29) is 17.9 Å². The number of hydrogen-bond donors (Lipinski definition) is 0. The average Bonchev–Trinajstić information content (AvgIpc) is 3.23. The third-order valence-corrected chi connectivity index (χ3v) is 7.18. The molecule has 0 bridgehead atoms. The molecule has 1 unspecified atom stereocenters. The first kappa shape index (κ1) is 23.0. The molecule has 0 aliphatic carbocycles. The molecular formula is C26H31N7O2. The van der Waals surface area contributed by atoms with Crippen LogP contribution in [-0.2, 0) is 11.3 Å². The fraction of sp³-hybridized carbons (Fsp3) is 0.423. The molecule has 0 N–H and O–H groups in total. The number of anilines is 3. The highest BCUT2D eigenvalue weighted by atomic mass is 16.2. The molecule has 182 valence electrons. The summed E-state index contributed by atoms with van der Waals surface area (Å²) in [7, 11) is 1.96. The molecule has 2 aliphatic heterocycles. The number of nitrogens with zero attached hydrogens (tertiary/aromatic N) is 7. The Hall–Kier alpha value is -3.75. The van der Waals surface area contributed by atoms with Gasteiger partial charge in [0.25, 0.3) is 5.91 Å². The Morgan fingerprint density at radius 1 is 1.14 bits per heavy atom. The van der Waals surface area contributed by atoms with Gasteiger partial charge in [0.15, 0.2) is 0 Å². The van der Waals surface area contributed by atoms with Gasteiger partial charge in [0.05, 0.1) is 23.9 Å². The number of fused-ring (bicyclic) bond motifs is 2. The van der Waals surface area contributed by atoms with E-state index < -0.39 is 0 Å². The van der Waals surface area contributed by atoms with E-state index in [4.69, 9.17) is 9.97 Å². The second-order valence-corrected chi connectivity index (χ2v) is 9.30. The SMILES string of the molecule is CCC(C)N1Cc2c(nc(N3CCN(C(C)=O)CC3)nc2N(C)c2cnc3ccccc3c2)C1=O. The van der Waals surface area contributed by atoms with Crippen LogP contribution in [0.4, 0.5) is 17.5 Å². The van der Waals surface area contributed by atoms with Gasteiger partial charge < -0.3 is 19.6 Å². The Bertz CT molecular complexity index is 1290. The summed E-state index contributed by atoms with van der Waals surface area (Å²) in [5.74, 6) is 1.27. The number of pyridine rings is 1. The number of aromatic nitrogens is 3. The fourth-order valence-corrected chi connectivity index (χ4v) is 4.74. The zero-order valence-electron chi connectivity index (χ0n) is 20.7. The maximum atomic E-state index is 13.4. The van der Waals surface area contributed by atoms with E-state index in [1.807, 2.05) is 52.2 Å². The van der Waals surface area contributed by atoms with Crippen LogP contribution in [0.1, 0.15) is 43.2 Å². The molecule has 1 atom stereocenters. The lowest BCUT2D eigenvalue weighted by atomic mass is 10.2. The van der Waals surface area contributed by atoms with E-state index in [1.165, 1.54) is 0 Å². The summed E-state index contributed by atoms with van der Waals surface area (Å²) >= 11 is 0. The van der Waals surface area contributed by atoms with E-state index in [0.717, 1.165) is 34.4 Å². The summed E-state index contributed by atoms with van der Waals surface area (Å²) in [4.78, 5) is 47.3. The minimum Gasteiger partial charge on any atom is -0.339 e. The smallest absolute Gasteiger partial charge is 0.273 e. The highest BCUT2D eigenvalue weighted by molar-refractivity contribution is 5.99. The van der Waals surface area contributed by atoms with Crippen molar-refractivity contribution in [1.82, 2.24) is 24.8 Å². The van der Waals surface area contributed by atoms with Crippen LogP contribution in [0.15, 0.2) is 36.5 Å². The standard InChI is InChI=1S/C26H31N7O2/c1-5-17(2)33-16-21-23(25(33)35)28-26(32-12-10-31(11-13-32)18(3)34)29-24(21)30(4)20-14-19-8-6-7-9-22(19)27-15-20/h6-9,14-15,17H,5,10-13,16H2,1-4H3. The van der Waals surface area contributed by atoms with Gasteiger partial charge in [0.2, 0.25) is 11.9 Å². The van der Waals surface area contributed by atoms with Gasteiger partial charge in [-0.2, -0.15) is 4.98 Å². The second kappa shape index (κ2) is 9.13. The van der Waals surface area contributed by atoms with Gasteiger partial charge in [0.1, 0.15) is 11.5 Å². The Morgan fingerprint density at radius 3 is 2.60 bits per heavy atom. The zero-order chi connectivity index (χ0) is 24.7. The second-order valence-electron chi connectivity index (χ2n) is 9.30. The van der Waals surface area contributed by atoms with Gasteiger partial charge in [-0.15, -0.1) is 0 Å². The van der Waals surface area contributed by atoms with Gasteiger partial charge >= 0.3 is 0 Å². The average molecular weight is 474 g/mol. The van der Waals surface area contributed by atoms with Crippen molar-refractivity contribution in [1.29, 1.82) is 0 Å². The van der Waals surface area contributed by atoms with Crippen molar-refractivity contribution in [2.75, 3.05) is 43.0 Å². The molecule has 3 aromatic rings. The Kier molecular flexibility index (Phi) is 6.00. The topological polar surface area (TPSA) is 85.8 Å². The maximum absolute atomic E-state index is 13.4. The van der Waals surface area contributed by atoms with Crippen LogP contribution >= 0.6 is 0 Å². The monoisotopic (exact) mass is 473 g/mol. The predicted octanol–water partition coefficient (Wildman–Crippen LogP) is 3.22. The summed E-state index contributed by atoms with van der Waals surface area (Å²) in [6.07, 6.45) is 2.71. The van der Waals surface area contributed by atoms with Crippen molar-refractivity contribution in [2.24, 2.45) is 0 Å². The van der Waals surface area contributed by atoms with Crippen molar-refractivity contribution in [2.45, 2.75) is 39.8 Å². The normalized spacial score (nSPS) is 16.6. The van der Waals surface area contributed by atoms with Crippen molar-refractivity contribution < 1.29 is 9.59 Å². The van der Waals surface area contributed by atoms with E-state index >= 15 is 0 Å². The van der Waals surface area contributed by atoms with E-state index in [2.05, 4.69) is 29.8 Å². The van der Waals surface area contributed by atoms with E-state index in [1.54, 1.807) is 6.92 Å². The molecule has 5 rings (SSSR count). The molecule has 0 spiro atoms. The molecule has 35 heavy (non-hydrogen) atoms. The summed E-state index contributed by atoms with van der Waals surface area (Å²) in [6.45, 7) is 8.71. The van der Waals surface area contributed by atoms with Crippen molar-refractivity contribution in [3.8, 4) is 0 Å². The van der Waals surface area contributed by atoms with Gasteiger partial charge in [0, 0.05) is 57.1 Å². The molecule has 9 nitrogen and oxygen atoms in total. The molecule has 2 amide bonds. The summed E-state index contributed by atoms with van der Waals surface area (Å²) < 4.78 is 0. The van der Waals surface area contributed by atoms with Gasteiger partial charge in [-0.1, -0.05) is 25.1 Å². The van der Waals surface area contributed by atoms with Crippen molar-refractivity contribution in [3.05, 3.63) is 47.8 Å². The minimum absolute atomic E-state index is 0.0494. The molecule has 4 heterocycles. The van der Waals surface area contributed by atoms with Crippen LogP contribution in [0.3, 0.4) is 0 Å². The number of benzene rings is 1. The largest absolute Gasteiger partial charge is 0.339 e. The third kappa shape index (κ3) is 4.15. The first-order valence-corrected chi connectivity index (χ1v) is 12.2. The predicted molar refractivity (Wildman–Crippen MR) is 136 cm³/mol. The Morgan fingerprint density at radius 2 is 1.89 bits per heavy atom. The highest BCUT2D eigenvalue weighted by Gasteiger charge is 2.37. The lowest BCUT2D eigenvalue weighted by Gasteiger charge is -2.34. The summed E-state index contributed by atoms with van der Waals surface area (Å²) in [6, 6.07) is 10.2. The van der Waals surface area contributed by atoms with Crippen LogP contribution in [0.2, 0.25) is 0 Å². The molecule has 1 aromatic carbocycles. The Labute approximate surface area is 205 Å². The van der Waals surface area contributed by atoms with Crippen LogP contribution in [0, 0.1) is 0 Å². The molecule has 1 saturated heterocycles.